The molecule has 0 saturated carbocycles. The third-order valence-electron chi connectivity index (χ3n) is 4.62. The predicted molar refractivity (Wildman–Crippen MR) is 92.6 cm³/mol. The largest absolute Gasteiger partial charge is 0.394 e. The summed E-state index contributed by atoms with van der Waals surface area (Å²) in [6.45, 7) is -0.451. The van der Waals surface area contributed by atoms with Crippen LogP contribution in [0, 0.1) is 12.3 Å². The topological polar surface area (TPSA) is 167 Å². The number of ether oxygens (including phenoxy) is 1. The van der Waals surface area contributed by atoms with Crippen molar-refractivity contribution in [2.24, 2.45) is 10.2 Å². The Bertz CT molecular complexity index is 977. The minimum Gasteiger partial charge on any atom is -0.394 e. The Morgan fingerprint density at radius 2 is 2.11 bits per heavy atom. The molecule has 1 amide bonds. The Morgan fingerprint density at radius 3 is 2.75 bits per heavy atom. The first-order chi connectivity index (χ1) is 13.5. The fourth-order valence-corrected chi connectivity index (χ4v) is 3.11. The number of hydrogen-bond donors (Lipinski definition) is 4. The number of carbonyl (C=O) groups is 1. The monoisotopic (exact) mass is 387 g/mol. The first-order valence-electron chi connectivity index (χ1n) is 8.45. The second kappa shape index (κ2) is 6.88. The maximum absolute atomic E-state index is 12.3. The summed E-state index contributed by atoms with van der Waals surface area (Å²) in [7, 11) is 0. The fourth-order valence-electron chi connectivity index (χ4n) is 3.11. The zero-order valence-corrected chi connectivity index (χ0v) is 14.5. The summed E-state index contributed by atoms with van der Waals surface area (Å²) in [5.41, 5.74) is -0.315. The van der Waals surface area contributed by atoms with E-state index in [4.69, 9.17) is 11.2 Å². The Hall–Kier alpha value is -2.98. The number of imidazole rings is 1. The van der Waals surface area contributed by atoms with E-state index >= 15 is 0 Å². The molecule has 2 aliphatic heterocycles. The van der Waals surface area contributed by atoms with Crippen LogP contribution in [0.15, 0.2) is 22.9 Å². The van der Waals surface area contributed by atoms with Crippen LogP contribution in [0.5, 0.6) is 0 Å². The summed E-state index contributed by atoms with van der Waals surface area (Å²) in [4.78, 5) is 24.6. The second-order valence-electron chi connectivity index (χ2n) is 6.56. The van der Waals surface area contributed by atoms with Crippen molar-refractivity contribution >= 4 is 22.9 Å². The van der Waals surface area contributed by atoms with Crippen LogP contribution in [0.1, 0.15) is 19.1 Å². The Morgan fingerprint density at radius 1 is 1.32 bits per heavy atom. The molecule has 28 heavy (non-hydrogen) atoms. The number of fused-ring (bicyclic) bond motifs is 1. The van der Waals surface area contributed by atoms with E-state index in [9.17, 15) is 20.1 Å². The number of carbonyl (C=O) groups excluding carboxylic acids is 1. The van der Waals surface area contributed by atoms with Gasteiger partial charge in [0.25, 0.3) is 0 Å². The van der Waals surface area contributed by atoms with E-state index < -0.39 is 36.8 Å². The van der Waals surface area contributed by atoms with E-state index in [0.717, 1.165) is 0 Å². The van der Waals surface area contributed by atoms with E-state index in [-0.39, 0.29) is 35.7 Å². The van der Waals surface area contributed by atoms with E-state index in [1.54, 1.807) is 0 Å². The highest BCUT2D eigenvalue weighted by atomic mass is 16.6. The number of aliphatic hydroxyl groups excluding tert-OH is 3. The molecule has 0 radical (unpaired) electrons. The van der Waals surface area contributed by atoms with Gasteiger partial charge >= 0.3 is 0 Å². The van der Waals surface area contributed by atoms with Crippen molar-refractivity contribution in [3.05, 3.63) is 12.7 Å². The summed E-state index contributed by atoms with van der Waals surface area (Å²) in [5, 5.41) is 39.7. The van der Waals surface area contributed by atoms with Crippen LogP contribution in [-0.4, -0.2) is 71.3 Å². The van der Waals surface area contributed by atoms with E-state index in [1.165, 1.54) is 17.2 Å². The molecule has 12 heteroatoms. The first-order valence-corrected chi connectivity index (χ1v) is 8.45. The van der Waals surface area contributed by atoms with Crippen LogP contribution >= 0.6 is 0 Å². The van der Waals surface area contributed by atoms with Gasteiger partial charge in [-0.25, -0.2) is 15.0 Å². The molecule has 4 rings (SSSR count). The average Bonchev–Trinajstić information content (AvgIpc) is 3.17. The van der Waals surface area contributed by atoms with Crippen molar-refractivity contribution in [3.8, 4) is 12.3 Å². The van der Waals surface area contributed by atoms with Crippen molar-refractivity contribution in [1.29, 1.82) is 0 Å². The van der Waals surface area contributed by atoms with E-state index in [0.29, 0.717) is 0 Å². The molecule has 1 saturated heterocycles. The standard InChI is InChI=1S/C16H17N7O5/c1-2-3-16(21-22-16)4-9(25)20-13-10-14(18-6-17-13)23(7-19-10)15-12(27)11(26)8(5-24)28-15/h1,6-8,11-12,15,24,26-27H,3-5H2,(H,17,18,20,25)/t8-,11-,12-,15-/m1/s1. The van der Waals surface area contributed by atoms with Gasteiger partial charge in [0.15, 0.2) is 23.2 Å². The van der Waals surface area contributed by atoms with Gasteiger partial charge in [0.1, 0.15) is 24.6 Å². The predicted octanol–water partition coefficient (Wildman–Crippen LogP) is -1.05. The minimum atomic E-state index is -1.29. The molecular weight excluding hydrogens is 370 g/mol. The SMILES string of the molecule is C#CCC1(CC(=O)Nc2ncnc3c2ncn3[C@@H]2O[C@H](CO)[C@@H](O)[C@H]2O)N=N1. The van der Waals surface area contributed by atoms with Crippen molar-refractivity contribution in [1.82, 2.24) is 19.5 Å². The van der Waals surface area contributed by atoms with Crippen molar-refractivity contribution in [2.75, 3.05) is 11.9 Å². The first kappa shape index (κ1) is 18.4. The molecule has 4 heterocycles. The number of aromatic nitrogens is 4. The lowest BCUT2D eigenvalue weighted by atomic mass is 10.1. The molecule has 1 fully saturated rings. The van der Waals surface area contributed by atoms with Gasteiger partial charge in [-0.3, -0.25) is 9.36 Å². The second-order valence-corrected chi connectivity index (χ2v) is 6.56. The molecule has 2 aromatic rings. The van der Waals surface area contributed by atoms with Gasteiger partial charge in [-0.1, -0.05) is 0 Å². The smallest absolute Gasteiger partial charge is 0.230 e. The normalized spacial score (nSPS) is 27.6. The van der Waals surface area contributed by atoms with Gasteiger partial charge in [-0.2, -0.15) is 10.2 Å². The number of anilines is 1. The lowest BCUT2D eigenvalue weighted by molar-refractivity contribution is -0.116. The highest BCUT2D eigenvalue weighted by Gasteiger charge is 2.44. The molecule has 2 aliphatic rings. The lowest BCUT2D eigenvalue weighted by Crippen LogP contribution is -2.33. The van der Waals surface area contributed by atoms with Gasteiger partial charge in [0.2, 0.25) is 11.6 Å². The minimum absolute atomic E-state index is 0.0156. The summed E-state index contributed by atoms with van der Waals surface area (Å²) in [5.74, 6) is 2.21. The van der Waals surface area contributed by atoms with Crippen molar-refractivity contribution in [3.63, 3.8) is 0 Å². The van der Waals surface area contributed by atoms with Crippen LogP contribution in [0.4, 0.5) is 5.82 Å². The van der Waals surface area contributed by atoms with Crippen LogP contribution in [0.3, 0.4) is 0 Å². The average molecular weight is 387 g/mol. The summed E-state index contributed by atoms with van der Waals surface area (Å²) in [6, 6.07) is 0. The maximum atomic E-state index is 12.3. The fraction of sp³-hybridized carbons (Fsp3) is 0.500. The molecule has 0 spiro atoms. The highest BCUT2D eigenvalue weighted by Crippen LogP contribution is 2.36. The Kier molecular flexibility index (Phi) is 4.52. The Labute approximate surface area is 158 Å². The molecule has 4 atom stereocenters. The van der Waals surface area contributed by atoms with Gasteiger partial charge < -0.3 is 25.4 Å². The lowest BCUT2D eigenvalue weighted by Gasteiger charge is -2.16. The number of nitrogens with one attached hydrogen (secondary N) is 1. The quantitative estimate of drug-likeness (QED) is 0.455. The summed E-state index contributed by atoms with van der Waals surface area (Å²) >= 11 is 0. The number of terminal acetylenes is 1. The third kappa shape index (κ3) is 3.10. The molecule has 0 aromatic carbocycles. The van der Waals surface area contributed by atoms with Gasteiger partial charge in [-0.05, 0) is 0 Å². The molecule has 146 valence electrons. The zero-order valence-electron chi connectivity index (χ0n) is 14.5. The molecule has 0 unspecified atom stereocenters. The van der Waals surface area contributed by atoms with E-state index in [2.05, 4.69) is 36.4 Å². The summed E-state index contributed by atoms with van der Waals surface area (Å²) < 4.78 is 6.90. The highest BCUT2D eigenvalue weighted by molar-refractivity contribution is 5.97. The van der Waals surface area contributed by atoms with Crippen LogP contribution in [-0.2, 0) is 9.53 Å². The van der Waals surface area contributed by atoms with Crippen LogP contribution in [0.25, 0.3) is 11.2 Å². The van der Waals surface area contributed by atoms with Crippen molar-refractivity contribution < 1.29 is 24.9 Å². The number of aliphatic hydroxyl groups is 3. The number of amides is 1. The molecule has 0 aliphatic carbocycles. The summed E-state index contributed by atoms with van der Waals surface area (Å²) in [6.07, 6.45) is 3.57. The molecule has 4 N–H and O–H groups in total. The van der Waals surface area contributed by atoms with Crippen molar-refractivity contribution in [2.45, 2.75) is 43.0 Å². The molecule has 2 aromatic heterocycles. The van der Waals surface area contributed by atoms with Gasteiger partial charge in [0.05, 0.1) is 25.8 Å². The number of rotatable bonds is 6. The Balaban J connectivity index is 1.56. The van der Waals surface area contributed by atoms with Gasteiger partial charge in [-0.15, -0.1) is 12.3 Å². The van der Waals surface area contributed by atoms with Crippen LogP contribution in [0.2, 0.25) is 0 Å². The third-order valence-corrected chi connectivity index (χ3v) is 4.62. The van der Waals surface area contributed by atoms with Gasteiger partial charge in [0, 0.05) is 0 Å². The number of hydrogen-bond acceptors (Lipinski definition) is 10. The molecule has 0 bridgehead atoms. The maximum Gasteiger partial charge on any atom is 0.230 e. The zero-order chi connectivity index (χ0) is 19.9. The van der Waals surface area contributed by atoms with E-state index in [1.807, 2.05) is 0 Å². The molecule has 12 nitrogen and oxygen atoms in total. The number of nitrogens with zero attached hydrogens (tertiary/aromatic N) is 6. The molecular formula is C16H17N7O5. The van der Waals surface area contributed by atoms with Crippen LogP contribution < -0.4 is 5.32 Å².